The number of carbonyl (C=O) groups is 2. The minimum Gasteiger partial charge on any atom is -0.504 e. The van der Waals surface area contributed by atoms with Crippen molar-refractivity contribution in [2.45, 2.75) is 118 Å². The smallest absolute Gasteiger partial charge is 0.331 e. The highest BCUT2D eigenvalue weighted by molar-refractivity contribution is 5.87. The first-order chi connectivity index (χ1) is 21.3. The Bertz CT molecular complexity index is 1490. The third-order valence-electron chi connectivity index (χ3n) is 14.7. The molecule has 6 rings (SSSR count). The van der Waals surface area contributed by atoms with Gasteiger partial charge in [0.05, 0.1) is 11.5 Å². The van der Waals surface area contributed by atoms with Crippen LogP contribution in [0.25, 0.3) is 6.08 Å². The topological polar surface area (TPSA) is 124 Å². The lowest BCUT2D eigenvalue weighted by molar-refractivity contribution is -0.237. The van der Waals surface area contributed by atoms with E-state index in [2.05, 4.69) is 54.5 Å². The molecule has 9 atom stereocenters. The van der Waals surface area contributed by atoms with Gasteiger partial charge in [-0.05, 0) is 126 Å². The molecule has 7 nitrogen and oxygen atoms in total. The number of aliphatic carboxylic acids is 1. The number of hydrogen-bond acceptors (Lipinski definition) is 6. The van der Waals surface area contributed by atoms with Gasteiger partial charge in [0.25, 0.3) is 0 Å². The van der Waals surface area contributed by atoms with Gasteiger partial charge in [0.1, 0.15) is 6.10 Å². The lowest BCUT2D eigenvalue weighted by Crippen LogP contribution is -2.67. The highest BCUT2D eigenvalue weighted by Gasteiger charge is 2.70. The van der Waals surface area contributed by atoms with E-state index in [0.29, 0.717) is 17.9 Å². The van der Waals surface area contributed by atoms with Crippen molar-refractivity contribution < 1.29 is 34.8 Å². The van der Waals surface area contributed by atoms with E-state index in [1.165, 1.54) is 29.9 Å². The molecule has 0 aromatic heterocycles. The fraction of sp³-hybridized carbons (Fsp3) is 0.692. The monoisotopic (exact) mass is 634 g/mol. The summed E-state index contributed by atoms with van der Waals surface area (Å²) >= 11 is 0. The molecule has 5 aliphatic rings. The fourth-order valence-electron chi connectivity index (χ4n) is 11.8. The molecule has 4 saturated carbocycles. The molecular formula is C39H54O7. The maximum absolute atomic E-state index is 13.1. The quantitative estimate of drug-likeness (QED) is 0.115. The highest BCUT2D eigenvalue weighted by atomic mass is 16.6. The fourth-order valence-corrected chi connectivity index (χ4v) is 11.8. The van der Waals surface area contributed by atoms with Gasteiger partial charge in [-0.15, -0.1) is 0 Å². The summed E-state index contributed by atoms with van der Waals surface area (Å²) in [5.41, 5.74) is 0.521. The molecule has 1 aromatic rings. The van der Waals surface area contributed by atoms with E-state index in [1.54, 1.807) is 6.07 Å². The second-order valence-electron chi connectivity index (χ2n) is 17.7. The maximum atomic E-state index is 13.1. The lowest BCUT2D eigenvalue weighted by Gasteiger charge is -2.71. The van der Waals surface area contributed by atoms with Crippen molar-refractivity contribution >= 4 is 18.0 Å². The molecule has 46 heavy (non-hydrogen) atoms. The first kappa shape index (κ1) is 33.1. The number of benzene rings is 1. The van der Waals surface area contributed by atoms with Crippen molar-refractivity contribution in [1.29, 1.82) is 0 Å². The third kappa shape index (κ3) is 4.69. The number of carbonyl (C=O) groups excluding carboxylic acids is 1. The van der Waals surface area contributed by atoms with E-state index in [4.69, 9.17) is 4.74 Å². The number of aliphatic hydroxyl groups is 1. The van der Waals surface area contributed by atoms with Crippen molar-refractivity contribution in [3.8, 4) is 11.5 Å². The minimum absolute atomic E-state index is 0.0522. The molecule has 0 aliphatic heterocycles. The van der Waals surface area contributed by atoms with E-state index < -0.39 is 35.0 Å². The van der Waals surface area contributed by atoms with E-state index in [1.807, 2.05) is 0 Å². The summed E-state index contributed by atoms with van der Waals surface area (Å²) in [4.78, 5) is 26.1. The van der Waals surface area contributed by atoms with Crippen LogP contribution >= 0.6 is 0 Å². The van der Waals surface area contributed by atoms with E-state index in [0.717, 1.165) is 51.4 Å². The van der Waals surface area contributed by atoms with E-state index in [-0.39, 0.29) is 45.0 Å². The predicted octanol–water partition coefficient (Wildman–Crippen LogP) is 7.88. The second-order valence-corrected chi connectivity index (χ2v) is 17.7. The summed E-state index contributed by atoms with van der Waals surface area (Å²) in [7, 11) is 0. The van der Waals surface area contributed by atoms with Crippen LogP contribution in [0, 0.1) is 50.2 Å². The number of phenolic OH excluding ortho intramolecular Hbond substituents is 2. The number of esters is 1. The molecule has 5 aliphatic carbocycles. The molecular weight excluding hydrogens is 580 g/mol. The molecule has 1 aromatic carbocycles. The second kappa shape index (κ2) is 10.6. The Morgan fingerprint density at radius 2 is 1.59 bits per heavy atom. The summed E-state index contributed by atoms with van der Waals surface area (Å²) in [6, 6.07) is 4.33. The maximum Gasteiger partial charge on any atom is 0.331 e. The van der Waals surface area contributed by atoms with Crippen LogP contribution in [0.15, 0.2) is 35.9 Å². The summed E-state index contributed by atoms with van der Waals surface area (Å²) in [5, 5.41) is 41.7. The number of fused-ring (bicyclic) bond motifs is 7. The van der Waals surface area contributed by atoms with Gasteiger partial charge in [-0.1, -0.05) is 66.2 Å². The molecule has 0 heterocycles. The zero-order valence-corrected chi connectivity index (χ0v) is 28.7. The van der Waals surface area contributed by atoms with Crippen LogP contribution in [0.4, 0.5) is 0 Å². The van der Waals surface area contributed by atoms with Gasteiger partial charge in [0, 0.05) is 6.08 Å². The van der Waals surface area contributed by atoms with Crippen LogP contribution in [0.5, 0.6) is 11.5 Å². The number of aliphatic hydroxyl groups excluding tert-OH is 1. The first-order valence-electron chi connectivity index (χ1n) is 17.3. The molecule has 4 N–H and O–H groups in total. The number of hydrogen-bond donors (Lipinski definition) is 4. The number of aromatic hydroxyl groups is 2. The largest absolute Gasteiger partial charge is 0.504 e. The molecule has 0 radical (unpaired) electrons. The third-order valence-corrected chi connectivity index (χ3v) is 14.7. The van der Waals surface area contributed by atoms with Crippen LogP contribution in [0.1, 0.15) is 112 Å². The van der Waals surface area contributed by atoms with Gasteiger partial charge in [0.2, 0.25) is 0 Å². The number of allylic oxidation sites excluding steroid dienone is 2. The van der Waals surface area contributed by atoms with Crippen molar-refractivity contribution in [2.24, 2.45) is 50.2 Å². The molecule has 7 heteroatoms. The Kier molecular flexibility index (Phi) is 7.63. The summed E-state index contributed by atoms with van der Waals surface area (Å²) in [5.74, 6) is -1.08. The number of carboxylic acid groups (broad SMARTS) is 1. The molecule has 0 saturated heterocycles. The standard InChI is InChI=1S/C39H54O7/c1-34(2)16-18-39(33(44)45)19-17-37(6)24(25(39)21-34)10-12-30-36(5)22-28(32(43)35(3,4)29(36)14-15-38(30,37)7)46-31(42)13-9-23-8-11-26(40)27(41)20-23/h8-11,13,20,25,28-30,32,40-41,43H,12,14-19,21-22H2,1-7H3,(H,44,45). The molecule has 252 valence electrons. The predicted molar refractivity (Wildman–Crippen MR) is 177 cm³/mol. The van der Waals surface area contributed by atoms with Crippen LogP contribution in [0.3, 0.4) is 0 Å². The minimum atomic E-state index is -0.814. The van der Waals surface area contributed by atoms with Gasteiger partial charge < -0.3 is 25.2 Å². The van der Waals surface area contributed by atoms with Crippen molar-refractivity contribution in [3.05, 3.63) is 41.5 Å². The average Bonchev–Trinajstić information content (AvgIpc) is 2.96. The van der Waals surface area contributed by atoms with Gasteiger partial charge in [-0.2, -0.15) is 0 Å². The molecule has 0 amide bonds. The number of phenols is 2. The van der Waals surface area contributed by atoms with Crippen molar-refractivity contribution in [3.63, 3.8) is 0 Å². The Morgan fingerprint density at radius 1 is 0.891 bits per heavy atom. The van der Waals surface area contributed by atoms with Crippen molar-refractivity contribution in [2.75, 3.05) is 0 Å². The van der Waals surface area contributed by atoms with Gasteiger partial charge in [0.15, 0.2) is 11.5 Å². The van der Waals surface area contributed by atoms with E-state index in [9.17, 15) is 30.0 Å². The highest BCUT2D eigenvalue weighted by Crippen LogP contribution is 2.75. The van der Waals surface area contributed by atoms with Gasteiger partial charge >= 0.3 is 11.9 Å². The SMILES string of the molecule is CC1(C)CCC2(C(=O)O)CCC3(C)C(=CCC4C5(C)CC(OC(=O)C=Cc6ccc(O)c(O)c6)C(O)C(C)(C)C5CCC43C)C2C1. The molecule has 9 unspecified atom stereocenters. The number of carboxylic acids is 1. The molecule has 0 spiro atoms. The Hall–Kier alpha value is -2.80. The van der Waals surface area contributed by atoms with Crippen molar-refractivity contribution in [1.82, 2.24) is 0 Å². The Morgan fingerprint density at radius 3 is 2.26 bits per heavy atom. The summed E-state index contributed by atoms with van der Waals surface area (Å²) in [6.45, 7) is 16.1. The van der Waals surface area contributed by atoms with E-state index >= 15 is 0 Å². The van der Waals surface area contributed by atoms with Gasteiger partial charge in [-0.25, -0.2) is 4.79 Å². The first-order valence-corrected chi connectivity index (χ1v) is 17.3. The number of ether oxygens (including phenoxy) is 1. The van der Waals surface area contributed by atoms with Gasteiger partial charge in [-0.3, -0.25) is 4.79 Å². The van der Waals surface area contributed by atoms with Crippen LogP contribution < -0.4 is 0 Å². The average molecular weight is 635 g/mol. The summed E-state index contributed by atoms with van der Waals surface area (Å²) in [6.07, 6.45) is 11.4. The molecule has 4 fully saturated rings. The van der Waals surface area contributed by atoms with Crippen LogP contribution in [-0.2, 0) is 14.3 Å². The summed E-state index contributed by atoms with van der Waals surface area (Å²) < 4.78 is 6.04. The number of rotatable bonds is 4. The molecule has 0 bridgehead atoms. The van der Waals surface area contributed by atoms with Crippen LogP contribution in [0.2, 0.25) is 0 Å². The lowest BCUT2D eigenvalue weighted by atomic mass is 9.33. The zero-order valence-electron chi connectivity index (χ0n) is 28.7. The Labute approximate surface area is 274 Å². The Balaban J connectivity index is 1.32. The zero-order chi connectivity index (χ0) is 33.7. The van der Waals surface area contributed by atoms with Crippen LogP contribution in [-0.4, -0.2) is 44.6 Å². The normalized spacial score (nSPS) is 42.5.